The smallest absolute Gasteiger partial charge is 0.341 e. The molecule has 1 N–H and O–H groups in total. The van der Waals surface area contributed by atoms with E-state index in [0.717, 1.165) is 6.20 Å². The molecule has 0 bridgehead atoms. The van der Waals surface area contributed by atoms with Crippen LogP contribution in [0.1, 0.15) is 23.3 Å². The Kier molecular flexibility index (Phi) is 5.98. The lowest BCUT2D eigenvalue weighted by atomic mass is 10.1. The van der Waals surface area contributed by atoms with E-state index in [1.165, 1.54) is 4.57 Å². The summed E-state index contributed by atoms with van der Waals surface area (Å²) in [7, 11) is 0. The average molecular weight is 332 g/mol. The SMILES string of the molecule is CC1COc2c(F)c(F)cc3c(=O)c(C(=O)O)cn1c23.F.F.[B]. The summed E-state index contributed by atoms with van der Waals surface area (Å²) >= 11 is 0. The highest BCUT2D eigenvalue weighted by atomic mass is 19.2. The number of halogens is 4. The Morgan fingerprint density at radius 3 is 2.57 bits per heavy atom. The summed E-state index contributed by atoms with van der Waals surface area (Å²) in [5, 5.41) is 8.83. The first-order valence-electron chi connectivity index (χ1n) is 5.84. The predicted octanol–water partition coefficient (Wildman–Crippen LogP) is 1.86. The van der Waals surface area contributed by atoms with Gasteiger partial charge in [0, 0.05) is 14.6 Å². The molecule has 1 aliphatic rings. The molecule has 1 unspecified atom stereocenters. The topological polar surface area (TPSA) is 68.5 Å². The molecule has 2 heterocycles. The first-order chi connectivity index (χ1) is 9.41. The third-order valence-electron chi connectivity index (χ3n) is 3.34. The number of hydrogen-bond donors (Lipinski definition) is 1. The summed E-state index contributed by atoms with van der Waals surface area (Å²) in [5.41, 5.74) is -1.26. The molecule has 5 nitrogen and oxygen atoms in total. The molecule has 0 amide bonds. The van der Waals surface area contributed by atoms with E-state index in [1.807, 2.05) is 0 Å². The first kappa shape index (κ1) is 20.5. The molecular formula is C13H11BF4NO4. The molecule has 0 fully saturated rings. The number of aromatic carboxylic acids is 1. The van der Waals surface area contributed by atoms with Gasteiger partial charge in [-0.15, -0.1) is 0 Å². The standard InChI is InChI=1S/C13H9F2NO4.B.2FH/c1-5-4-20-12-9(15)8(14)2-6-10(12)16(5)3-7(11(6)17)13(18)19;;;/h2-3,5H,4H2,1H3,(H,18,19);;2*1H. The monoisotopic (exact) mass is 332 g/mol. The number of carboxylic acids is 1. The number of carboxylic acid groups (broad SMARTS) is 1. The van der Waals surface area contributed by atoms with Crippen LogP contribution in [0, 0.1) is 11.6 Å². The van der Waals surface area contributed by atoms with Crippen LogP contribution in [0.4, 0.5) is 18.2 Å². The molecule has 123 valence electrons. The number of benzene rings is 1. The van der Waals surface area contributed by atoms with Crippen LogP contribution in [-0.2, 0) is 0 Å². The number of aromatic nitrogens is 1. The third kappa shape index (κ3) is 2.76. The molecule has 0 aliphatic carbocycles. The number of ether oxygens (including phenoxy) is 1. The molecule has 0 saturated carbocycles. The highest BCUT2D eigenvalue weighted by Gasteiger charge is 2.27. The van der Waals surface area contributed by atoms with E-state index in [9.17, 15) is 18.4 Å². The number of pyridine rings is 1. The Morgan fingerprint density at radius 2 is 2.00 bits per heavy atom. The van der Waals surface area contributed by atoms with Gasteiger partial charge in [-0.25, -0.2) is 9.18 Å². The Morgan fingerprint density at radius 1 is 1.39 bits per heavy atom. The summed E-state index contributed by atoms with van der Waals surface area (Å²) in [6.45, 7) is 1.78. The van der Waals surface area contributed by atoms with E-state index in [0.29, 0.717) is 6.07 Å². The Hall–Kier alpha value is -2.52. The highest BCUT2D eigenvalue weighted by molar-refractivity contribution is 5.94. The number of rotatable bonds is 1. The van der Waals surface area contributed by atoms with Gasteiger partial charge in [-0.1, -0.05) is 0 Å². The van der Waals surface area contributed by atoms with Crippen molar-refractivity contribution < 1.29 is 32.8 Å². The zero-order valence-corrected chi connectivity index (χ0v) is 11.7. The van der Waals surface area contributed by atoms with Gasteiger partial charge in [-0.05, 0) is 13.0 Å². The predicted molar refractivity (Wildman–Crippen MR) is 76.0 cm³/mol. The molecule has 0 saturated heterocycles. The van der Waals surface area contributed by atoms with Crippen LogP contribution >= 0.6 is 0 Å². The van der Waals surface area contributed by atoms with Gasteiger partial charge in [0.15, 0.2) is 11.6 Å². The summed E-state index contributed by atoms with van der Waals surface area (Å²) in [6.07, 6.45) is 1.14. The van der Waals surface area contributed by atoms with E-state index in [4.69, 9.17) is 9.84 Å². The molecule has 1 aromatic carbocycles. The lowest BCUT2D eigenvalue weighted by molar-refractivity contribution is 0.0694. The van der Waals surface area contributed by atoms with E-state index >= 15 is 0 Å². The Bertz CT molecular complexity index is 824. The van der Waals surface area contributed by atoms with Crippen molar-refractivity contribution in [3.63, 3.8) is 0 Å². The molecular weight excluding hydrogens is 321 g/mol. The van der Waals surface area contributed by atoms with Crippen molar-refractivity contribution in [3.8, 4) is 5.75 Å². The second kappa shape index (κ2) is 6.72. The molecule has 1 atom stereocenters. The van der Waals surface area contributed by atoms with Crippen LogP contribution in [0.5, 0.6) is 5.75 Å². The third-order valence-corrected chi connectivity index (χ3v) is 3.34. The molecule has 1 aliphatic heterocycles. The Balaban J connectivity index is 0.00000161. The second-order valence-electron chi connectivity index (χ2n) is 4.64. The normalized spacial score (nSPS) is 14.8. The first-order valence-corrected chi connectivity index (χ1v) is 5.84. The van der Waals surface area contributed by atoms with E-state index in [-0.39, 0.29) is 47.1 Å². The van der Waals surface area contributed by atoms with Gasteiger partial charge >= 0.3 is 5.97 Å². The maximum Gasteiger partial charge on any atom is 0.341 e. The van der Waals surface area contributed by atoms with Crippen LogP contribution < -0.4 is 10.2 Å². The number of hydrogen-bond acceptors (Lipinski definition) is 3. The molecule has 3 radical (unpaired) electrons. The summed E-state index contributed by atoms with van der Waals surface area (Å²) < 4.78 is 33.8. The van der Waals surface area contributed by atoms with Gasteiger partial charge in [0.1, 0.15) is 12.2 Å². The maximum atomic E-state index is 13.7. The Labute approximate surface area is 128 Å². The zero-order chi connectivity index (χ0) is 14.6. The van der Waals surface area contributed by atoms with Gasteiger partial charge < -0.3 is 14.4 Å². The fourth-order valence-electron chi connectivity index (χ4n) is 2.35. The quantitative estimate of drug-likeness (QED) is 0.639. The van der Waals surface area contributed by atoms with Crippen LogP contribution in [-0.4, -0.2) is 30.7 Å². The van der Waals surface area contributed by atoms with Gasteiger partial charge in [0.25, 0.3) is 0 Å². The lowest BCUT2D eigenvalue weighted by Crippen LogP contribution is -2.27. The molecule has 10 heteroatoms. The molecule has 0 spiro atoms. The minimum Gasteiger partial charge on any atom is -0.486 e. The van der Waals surface area contributed by atoms with Crippen LogP contribution in [0.15, 0.2) is 17.1 Å². The van der Waals surface area contributed by atoms with Gasteiger partial charge in [0.05, 0.1) is 16.9 Å². The number of carbonyl (C=O) groups is 1. The lowest BCUT2D eigenvalue weighted by Gasteiger charge is -2.27. The molecule has 23 heavy (non-hydrogen) atoms. The van der Waals surface area contributed by atoms with Crippen molar-refractivity contribution in [2.24, 2.45) is 0 Å². The van der Waals surface area contributed by atoms with Gasteiger partial charge in [0.2, 0.25) is 11.2 Å². The van der Waals surface area contributed by atoms with Crippen LogP contribution in [0.3, 0.4) is 0 Å². The zero-order valence-electron chi connectivity index (χ0n) is 11.7. The largest absolute Gasteiger partial charge is 0.486 e. The summed E-state index contributed by atoms with van der Waals surface area (Å²) in [6, 6.07) is 0.412. The van der Waals surface area contributed by atoms with Crippen molar-refractivity contribution in [2.75, 3.05) is 6.61 Å². The second-order valence-corrected chi connectivity index (χ2v) is 4.64. The summed E-state index contributed by atoms with van der Waals surface area (Å²) in [4.78, 5) is 23.1. The van der Waals surface area contributed by atoms with Crippen LogP contribution in [0.2, 0.25) is 0 Å². The van der Waals surface area contributed by atoms with Crippen LogP contribution in [0.25, 0.3) is 10.9 Å². The highest BCUT2D eigenvalue weighted by Crippen LogP contribution is 2.35. The minimum absolute atomic E-state index is 0. The van der Waals surface area contributed by atoms with Crippen molar-refractivity contribution in [3.05, 3.63) is 39.7 Å². The maximum absolute atomic E-state index is 13.7. The molecule has 3 rings (SSSR count). The van der Waals surface area contributed by atoms with Crippen molar-refractivity contribution >= 4 is 25.3 Å². The minimum atomic E-state index is -1.41. The summed E-state index contributed by atoms with van der Waals surface area (Å²) in [5.74, 6) is -4.19. The van der Waals surface area contributed by atoms with Crippen molar-refractivity contribution in [1.82, 2.24) is 4.57 Å². The fourth-order valence-corrected chi connectivity index (χ4v) is 2.35. The average Bonchev–Trinajstić information content (AvgIpc) is 2.39. The van der Waals surface area contributed by atoms with E-state index in [1.54, 1.807) is 6.92 Å². The molecule has 2 aromatic rings. The fraction of sp³-hybridized carbons (Fsp3) is 0.231. The molecule has 1 aromatic heterocycles. The van der Waals surface area contributed by atoms with E-state index < -0.39 is 28.6 Å². The van der Waals surface area contributed by atoms with Gasteiger partial charge in [-0.2, -0.15) is 4.39 Å². The number of nitrogens with zero attached hydrogens (tertiary/aromatic N) is 1. The van der Waals surface area contributed by atoms with Crippen molar-refractivity contribution in [2.45, 2.75) is 13.0 Å². The van der Waals surface area contributed by atoms with Crippen molar-refractivity contribution in [1.29, 1.82) is 0 Å². The van der Waals surface area contributed by atoms with Gasteiger partial charge in [-0.3, -0.25) is 14.2 Å². The van der Waals surface area contributed by atoms with E-state index in [2.05, 4.69) is 0 Å².